The van der Waals surface area contributed by atoms with Gasteiger partial charge in [0.15, 0.2) is 22.2 Å². The van der Waals surface area contributed by atoms with Gasteiger partial charge < -0.3 is 4.74 Å². The van der Waals surface area contributed by atoms with E-state index in [2.05, 4.69) is 30.3 Å². The molecule has 0 saturated carbocycles. The van der Waals surface area contributed by atoms with E-state index in [1.807, 2.05) is 42.5 Å². The molecule has 0 aliphatic carbocycles. The Kier molecular flexibility index (Phi) is 3.43. The van der Waals surface area contributed by atoms with Crippen LogP contribution in [0.5, 0.6) is 11.5 Å². The van der Waals surface area contributed by atoms with E-state index in [-0.39, 0.29) is 16.7 Å². The van der Waals surface area contributed by atoms with Crippen LogP contribution >= 0.6 is 0 Å². The molecule has 0 spiro atoms. The zero-order chi connectivity index (χ0) is 15.8. The molecule has 3 aromatic carbocycles. The lowest BCUT2D eigenvalue weighted by Crippen LogP contribution is -2.13. The van der Waals surface area contributed by atoms with Crippen molar-refractivity contribution in [2.75, 3.05) is 0 Å². The highest BCUT2D eigenvalue weighted by atomic mass is 32.2. The summed E-state index contributed by atoms with van der Waals surface area (Å²) in [5, 5.41) is 0. The minimum atomic E-state index is -0.216. The molecule has 1 heterocycles. The van der Waals surface area contributed by atoms with Crippen LogP contribution in [-0.2, 0) is 10.9 Å². The first-order valence-electron chi connectivity index (χ1n) is 7.45. The van der Waals surface area contributed by atoms with Gasteiger partial charge in [-0.25, -0.2) is 0 Å². The van der Waals surface area contributed by atoms with Crippen LogP contribution in [0, 0.1) is 0 Å². The zero-order valence-electron chi connectivity index (χ0n) is 12.7. The molecular formula is C20H15O2S+. The second kappa shape index (κ2) is 5.60. The van der Waals surface area contributed by atoms with Gasteiger partial charge in [0.05, 0.1) is 0 Å². The molecule has 0 saturated heterocycles. The van der Waals surface area contributed by atoms with Crippen LogP contribution in [-0.4, -0.2) is 5.78 Å². The minimum absolute atomic E-state index is 0.0508. The lowest BCUT2D eigenvalue weighted by Gasteiger charge is -2.20. The molecule has 2 nitrogen and oxygen atoms in total. The summed E-state index contributed by atoms with van der Waals surface area (Å²) < 4.78 is 6.07. The van der Waals surface area contributed by atoms with Crippen LogP contribution in [0.1, 0.15) is 17.3 Å². The summed E-state index contributed by atoms with van der Waals surface area (Å²) in [5.74, 6) is 1.70. The van der Waals surface area contributed by atoms with E-state index in [0.717, 1.165) is 16.4 Å². The van der Waals surface area contributed by atoms with Gasteiger partial charge >= 0.3 is 0 Å². The number of ether oxygens (including phenoxy) is 1. The quantitative estimate of drug-likeness (QED) is 0.380. The average Bonchev–Trinajstić information content (AvgIpc) is 2.59. The molecule has 0 fully saturated rings. The molecule has 112 valence electrons. The summed E-state index contributed by atoms with van der Waals surface area (Å²) in [7, 11) is -0.216. The Balaban J connectivity index is 1.94. The van der Waals surface area contributed by atoms with E-state index in [4.69, 9.17) is 4.74 Å². The largest absolute Gasteiger partial charge is 0.447 e. The number of carbonyl (C=O) groups excluding carboxylic acids is 1. The van der Waals surface area contributed by atoms with Crippen molar-refractivity contribution in [3.8, 4) is 11.5 Å². The first-order valence-corrected chi connectivity index (χ1v) is 8.68. The van der Waals surface area contributed by atoms with Crippen molar-refractivity contribution in [2.24, 2.45) is 0 Å². The maximum Gasteiger partial charge on any atom is 0.209 e. The number of para-hydroxylation sites is 1. The molecule has 0 N–H and O–H groups in total. The van der Waals surface area contributed by atoms with Crippen LogP contribution in [0.25, 0.3) is 0 Å². The van der Waals surface area contributed by atoms with Gasteiger partial charge in [0.1, 0.15) is 10.9 Å². The first kappa shape index (κ1) is 14.1. The number of hydrogen-bond acceptors (Lipinski definition) is 2. The van der Waals surface area contributed by atoms with Crippen molar-refractivity contribution >= 4 is 16.7 Å². The topological polar surface area (TPSA) is 26.3 Å². The summed E-state index contributed by atoms with van der Waals surface area (Å²) in [6.45, 7) is 1.58. The number of benzene rings is 3. The fourth-order valence-corrected chi connectivity index (χ4v) is 4.93. The predicted molar refractivity (Wildman–Crippen MR) is 91.6 cm³/mol. The molecule has 0 bridgehead atoms. The Hall–Kier alpha value is -2.52. The molecular weight excluding hydrogens is 304 g/mol. The standard InChI is InChI=1S/C20H15O2S/c1-14(21)15-11-12-20-18(13-15)22-17-9-5-6-10-19(17)23(20)16-7-3-2-4-8-16/h2-13H,1H3/q+1. The van der Waals surface area contributed by atoms with Crippen LogP contribution in [0.3, 0.4) is 0 Å². The minimum Gasteiger partial charge on any atom is -0.447 e. The monoisotopic (exact) mass is 319 g/mol. The van der Waals surface area contributed by atoms with E-state index >= 15 is 0 Å². The fraction of sp³-hybridized carbons (Fsp3) is 0.0500. The highest BCUT2D eigenvalue weighted by Crippen LogP contribution is 2.46. The lowest BCUT2D eigenvalue weighted by atomic mass is 10.1. The van der Waals surface area contributed by atoms with Crippen molar-refractivity contribution in [1.82, 2.24) is 0 Å². The Morgan fingerprint density at radius 1 is 0.826 bits per heavy atom. The second-order valence-electron chi connectivity index (χ2n) is 5.39. The van der Waals surface area contributed by atoms with Crippen molar-refractivity contribution in [3.05, 3.63) is 78.4 Å². The third kappa shape index (κ3) is 2.43. The molecule has 4 rings (SSSR count). The SMILES string of the molecule is CC(=O)c1ccc2c(c1)Oc1ccccc1[S+]2c1ccccc1. The summed E-state index contributed by atoms with van der Waals surface area (Å²) in [6, 6.07) is 24.3. The highest BCUT2D eigenvalue weighted by Gasteiger charge is 2.39. The van der Waals surface area contributed by atoms with Gasteiger partial charge in [0, 0.05) is 5.56 Å². The van der Waals surface area contributed by atoms with Gasteiger partial charge in [-0.05, 0) is 49.4 Å². The van der Waals surface area contributed by atoms with Gasteiger partial charge in [0.25, 0.3) is 0 Å². The fourth-order valence-electron chi connectivity index (χ4n) is 2.73. The van der Waals surface area contributed by atoms with Crippen LogP contribution in [0.4, 0.5) is 0 Å². The summed E-state index contributed by atoms with van der Waals surface area (Å²) in [4.78, 5) is 15.2. The molecule has 0 amide bonds. The molecule has 1 atom stereocenters. The van der Waals surface area contributed by atoms with Gasteiger partial charge in [-0.15, -0.1) is 0 Å². The summed E-state index contributed by atoms with van der Waals surface area (Å²) in [6.07, 6.45) is 0. The number of rotatable bonds is 2. The number of Topliss-reactive ketones (excluding diaryl/α,β-unsaturated/α-hetero) is 1. The van der Waals surface area contributed by atoms with Crippen molar-refractivity contribution in [2.45, 2.75) is 21.6 Å². The van der Waals surface area contributed by atoms with Crippen molar-refractivity contribution in [1.29, 1.82) is 0 Å². The maximum atomic E-state index is 11.7. The Bertz CT molecular complexity index is 887. The van der Waals surface area contributed by atoms with Crippen LogP contribution < -0.4 is 4.74 Å². The Morgan fingerprint density at radius 3 is 2.30 bits per heavy atom. The average molecular weight is 319 g/mol. The number of hydrogen-bond donors (Lipinski definition) is 0. The van der Waals surface area contributed by atoms with Crippen LogP contribution in [0.15, 0.2) is 87.5 Å². The smallest absolute Gasteiger partial charge is 0.209 e. The number of ketones is 1. The highest BCUT2D eigenvalue weighted by molar-refractivity contribution is 7.97. The number of fused-ring (bicyclic) bond motifs is 2. The molecule has 0 radical (unpaired) electrons. The van der Waals surface area contributed by atoms with Gasteiger partial charge in [-0.1, -0.05) is 30.3 Å². The Labute approximate surface area is 138 Å². The predicted octanol–water partition coefficient (Wildman–Crippen LogP) is 5.09. The molecule has 1 aliphatic rings. The van der Waals surface area contributed by atoms with Crippen molar-refractivity contribution in [3.63, 3.8) is 0 Å². The van der Waals surface area contributed by atoms with Crippen LogP contribution in [0.2, 0.25) is 0 Å². The molecule has 23 heavy (non-hydrogen) atoms. The molecule has 0 aromatic heterocycles. The second-order valence-corrected chi connectivity index (χ2v) is 7.35. The summed E-state index contributed by atoms with van der Waals surface area (Å²) in [5.41, 5.74) is 0.680. The maximum absolute atomic E-state index is 11.7. The van der Waals surface area contributed by atoms with Gasteiger partial charge in [-0.3, -0.25) is 4.79 Å². The first-order chi connectivity index (χ1) is 11.2. The third-order valence-electron chi connectivity index (χ3n) is 3.84. The third-order valence-corrected chi connectivity index (χ3v) is 6.14. The molecule has 1 aliphatic heterocycles. The van der Waals surface area contributed by atoms with E-state index in [1.54, 1.807) is 6.92 Å². The molecule has 1 unspecified atom stereocenters. The lowest BCUT2D eigenvalue weighted by molar-refractivity contribution is 0.101. The Morgan fingerprint density at radius 2 is 1.52 bits per heavy atom. The van der Waals surface area contributed by atoms with E-state index in [9.17, 15) is 4.79 Å². The van der Waals surface area contributed by atoms with Crippen molar-refractivity contribution < 1.29 is 9.53 Å². The van der Waals surface area contributed by atoms with E-state index in [0.29, 0.717) is 5.56 Å². The normalized spacial score (nSPS) is 15.3. The van der Waals surface area contributed by atoms with E-state index in [1.165, 1.54) is 9.79 Å². The van der Waals surface area contributed by atoms with Gasteiger partial charge in [0.2, 0.25) is 9.79 Å². The molecule has 3 heteroatoms. The summed E-state index contributed by atoms with van der Waals surface area (Å²) >= 11 is 0. The van der Waals surface area contributed by atoms with E-state index < -0.39 is 0 Å². The zero-order valence-corrected chi connectivity index (χ0v) is 13.5. The number of carbonyl (C=O) groups is 1. The molecule has 3 aromatic rings. The van der Waals surface area contributed by atoms with Gasteiger partial charge in [-0.2, -0.15) is 0 Å².